The number of hydroxylamine groups is 1. The number of ether oxygens (including phenoxy) is 4. The van der Waals surface area contributed by atoms with E-state index in [0.29, 0.717) is 35.6 Å². The van der Waals surface area contributed by atoms with E-state index in [2.05, 4.69) is 14.3 Å². The van der Waals surface area contributed by atoms with Crippen molar-refractivity contribution >= 4 is 29.3 Å². The zero-order valence-corrected chi connectivity index (χ0v) is 18.2. The monoisotopic (exact) mass is 534 g/mol. The van der Waals surface area contributed by atoms with Gasteiger partial charge in [0.1, 0.15) is 17.2 Å². The molecule has 3 N–H and O–H groups in total. The van der Waals surface area contributed by atoms with Crippen molar-refractivity contribution in [1.82, 2.24) is 5.48 Å². The van der Waals surface area contributed by atoms with Crippen molar-refractivity contribution in [3.8, 4) is 23.0 Å². The number of nitrogens with one attached hydrogen (secondary N) is 1. The standard InChI is InChI=1S/C22H17F3N2O8S/c1-31-14-4-3-12(23)18(25)11(14)9-33-17-8-15(13(24)7-16(17)32-2)34-20(28)10-5-6-36-19(10)21(29)35-27-22(26)30/h3-8H,9H2,1-2H3,(H3,26,27,30)/i1D3,2D3,9D2. The van der Waals surface area contributed by atoms with Crippen molar-refractivity contribution < 1.29 is 62.3 Å². The quantitative estimate of drug-likeness (QED) is 0.254. The summed E-state index contributed by atoms with van der Waals surface area (Å²) in [6.45, 7) is -3.59. The van der Waals surface area contributed by atoms with Gasteiger partial charge < -0.3 is 29.5 Å². The molecule has 1 aromatic heterocycles. The Morgan fingerprint density at radius 1 is 1.00 bits per heavy atom. The Morgan fingerprint density at radius 2 is 1.75 bits per heavy atom. The molecule has 2 aromatic carbocycles. The second-order valence-corrected chi connectivity index (χ2v) is 7.20. The highest BCUT2D eigenvalue weighted by Crippen LogP contribution is 2.36. The zero-order valence-electron chi connectivity index (χ0n) is 25.3. The van der Waals surface area contributed by atoms with E-state index in [1.807, 2.05) is 0 Å². The molecule has 3 rings (SSSR count). The molecule has 0 saturated carbocycles. The molecule has 10 nitrogen and oxygen atoms in total. The van der Waals surface area contributed by atoms with E-state index in [4.69, 9.17) is 26.2 Å². The summed E-state index contributed by atoms with van der Waals surface area (Å²) < 4.78 is 123. The van der Waals surface area contributed by atoms with Crippen LogP contribution in [0.3, 0.4) is 0 Å². The Kier molecular flexibility index (Phi) is 5.36. The van der Waals surface area contributed by atoms with Crippen molar-refractivity contribution in [2.45, 2.75) is 6.56 Å². The number of hydrogen-bond donors (Lipinski definition) is 2. The van der Waals surface area contributed by atoms with Gasteiger partial charge in [0.25, 0.3) is 0 Å². The minimum atomic E-state index is -3.59. The number of halogens is 3. The van der Waals surface area contributed by atoms with Crippen LogP contribution in [0.15, 0.2) is 35.7 Å². The van der Waals surface area contributed by atoms with Gasteiger partial charge in [0.15, 0.2) is 34.7 Å². The Hall–Kier alpha value is -4.46. The first-order valence-electron chi connectivity index (χ1n) is 13.1. The SMILES string of the molecule is [2H]C([2H])([2H])Oc1cc(F)c(OC(=O)c2ccsc2C(=O)ONC(N)=O)cc1OC([2H])([2H])c1c(OC([2H])([2H])[2H])ccc(F)c1F. The van der Waals surface area contributed by atoms with Gasteiger partial charge in [-0.2, -0.15) is 5.48 Å². The summed E-state index contributed by atoms with van der Waals surface area (Å²) in [5.74, 6) is -12.0. The maximum atomic E-state index is 15.0. The number of carbonyl (C=O) groups excluding carboxylic acids is 3. The van der Waals surface area contributed by atoms with Gasteiger partial charge >= 0.3 is 18.0 Å². The van der Waals surface area contributed by atoms with Crippen LogP contribution in [-0.4, -0.2) is 32.0 Å². The maximum Gasteiger partial charge on any atom is 0.373 e. The molecule has 2 amide bonds. The van der Waals surface area contributed by atoms with E-state index < -0.39 is 95.1 Å². The van der Waals surface area contributed by atoms with E-state index in [0.717, 1.165) is 6.07 Å². The number of nitrogens with two attached hydrogens (primary N) is 1. The summed E-state index contributed by atoms with van der Waals surface area (Å²) in [6.07, 6.45) is 0. The summed E-state index contributed by atoms with van der Waals surface area (Å²) in [4.78, 5) is 39.6. The normalized spacial score (nSPS) is 14.8. The van der Waals surface area contributed by atoms with Crippen LogP contribution in [0.25, 0.3) is 0 Å². The van der Waals surface area contributed by atoms with Crippen LogP contribution in [0, 0.1) is 17.5 Å². The average Bonchev–Trinajstić information content (AvgIpc) is 3.36. The van der Waals surface area contributed by atoms with E-state index in [-0.39, 0.29) is 0 Å². The molecule has 0 aliphatic heterocycles. The van der Waals surface area contributed by atoms with Crippen LogP contribution in [0.5, 0.6) is 23.0 Å². The van der Waals surface area contributed by atoms with Crippen molar-refractivity contribution in [2.24, 2.45) is 5.73 Å². The smallest absolute Gasteiger partial charge is 0.373 e. The van der Waals surface area contributed by atoms with Crippen LogP contribution in [0.4, 0.5) is 18.0 Å². The second kappa shape index (κ2) is 11.3. The lowest BCUT2D eigenvalue weighted by Gasteiger charge is -2.15. The van der Waals surface area contributed by atoms with Crippen molar-refractivity contribution in [3.63, 3.8) is 0 Å². The van der Waals surface area contributed by atoms with Crippen LogP contribution in [0.2, 0.25) is 0 Å². The number of primary amides is 1. The van der Waals surface area contributed by atoms with Gasteiger partial charge in [-0.05, 0) is 23.6 Å². The number of hydrogen-bond acceptors (Lipinski definition) is 9. The molecule has 190 valence electrons. The zero-order chi connectivity index (χ0) is 33.2. The van der Waals surface area contributed by atoms with Crippen LogP contribution >= 0.6 is 11.3 Å². The van der Waals surface area contributed by atoms with Gasteiger partial charge in [0.2, 0.25) is 0 Å². The van der Waals surface area contributed by atoms with Crippen molar-refractivity contribution in [2.75, 3.05) is 14.1 Å². The number of carbonyl (C=O) groups is 3. The lowest BCUT2D eigenvalue weighted by atomic mass is 10.2. The summed E-state index contributed by atoms with van der Waals surface area (Å²) in [5, 5.41) is 1.22. The van der Waals surface area contributed by atoms with Crippen molar-refractivity contribution in [3.05, 3.63) is 69.2 Å². The Labute approximate surface area is 216 Å². The number of rotatable bonds is 8. The number of amides is 2. The van der Waals surface area contributed by atoms with Crippen LogP contribution < -0.4 is 30.2 Å². The molecular weight excluding hydrogens is 509 g/mol. The number of esters is 1. The fourth-order valence-corrected chi connectivity index (χ4v) is 3.26. The van der Waals surface area contributed by atoms with Gasteiger partial charge in [-0.3, -0.25) is 0 Å². The fraction of sp³-hybridized carbons (Fsp3) is 0.136. The van der Waals surface area contributed by atoms with E-state index in [1.54, 1.807) is 0 Å². The number of benzene rings is 2. The first-order chi connectivity index (χ1) is 20.2. The van der Waals surface area contributed by atoms with Gasteiger partial charge in [0.05, 0.1) is 36.2 Å². The van der Waals surface area contributed by atoms with E-state index in [9.17, 15) is 27.6 Å². The third-order valence-corrected chi connectivity index (χ3v) is 4.95. The summed E-state index contributed by atoms with van der Waals surface area (Å²) >= 11 is 0.641. The molecule has 0 bridgehead atoms. The number of thiophene rings is 1. The topological polar surface area (TPSA) is 135 Å². The molecule has 3 aromatic rings. The minimum Gasteiger partial charge on any atom is -0.496 e. The van der Waals surface area contributed by atoms with Gasteiger partial charge in [0, 0.05) is 12.1 Å². The molecular formula is C22H17F3N2O8S. The summed E-state index contributed by atoms with van der Waals surface area (Å²) in [6, 6.07) is 1.53. The summed E-state index contributed by atoms with van der Waals surface area (Å²) in [5.41, 5.74) is 4.38. The molecule has 0 aliphatic carbocycles. The maximum absolute atomic E-state index is 15.0. The number of methoxy groups -OCH3 is 2. The Morgan fingerprint density at radius 3 is 2.47 bits per heavy atom. The van der Waals surface area contributed by atoms with Gasteiger partial charge in [-0.25, -0.2) is 27.6 Å². The highest BCUT2D eigenvalue weighted by molar-refractivity contribution is 7.12. The highest BCUT2D eigenvalue weighted by Gasteiger charge is 2.25. The van der Waals surface area contributed by atoms with Gasteiger partial charge in [-0.15, -0.1) is 11.3 Å². The Balaban J connectivity index is 2.06. The lowest BCUT2D eigenvalue weighted by Crippen LogP contribution is -2.32. The second-order valence-electron chi connectivity index (χ2n) is 6.28. The molecule has 0 saturated heterocycles. The molecule has 36 heavy (non-hydrogen) atoms. The number of urea groups is 1. The lowest BCUT2D eigenvalue weighted by molar-refractivity contribution is 0.0336. The first-order valence-corrected chi connectivity index (χ1v) is 10.0. The van der Waals surface area contributed by atoms with E-state index >= 15 is 0 Å². The highest BCUT2D eigenvalue weighted by atomic mass is 32.1. The molecule has 0 unspecified atom stereocenters. The third kappa shape index (κ3) is 5.78. The molecule has 0 atom stereocenters. The predicted molar refractivity (Wildman–Crippen MR) is 118 cm³/mol. The largest absolute Gasteiger partial charge is 0.496 e. The Bertz CT molecular complexity index is 1600. The first kappa shape index (κ1) is 17.0. The third-order valence-electron chi connectivity index (χ3n) is 4.06. The van der Waals surface area contributed by atoms with Crippen LogP contribution in [0.1, 0.15) is 36.6 Å². The fourth-order valence-electron chi connectivity index (χ4n) is 2.50. The van der Waals surface area contributed by atoms with Gasteiger partial charge in [-0.1, -0.05) is 0 Å². The summed E-state index contributed by atoms with van der Waals surface area (Å²) in [7, 11) is -6.58. The molecule has 0 fully saturated rings. The molecule has 14 heteroatoms. The van der Waals surface area contributed by atoms with E-state index in [1.165, 1.54) is 10.9 Å². The minimum absolute atomic E-state index is 0.293. The average molecular weight is 534 g/mol. The molecule has 0 radical (unpaired) electrons. The van der Waals surface area contributed by atoms with Crippen LogP contribution in [-0.2, 0) is 11.4 Å². The molecule has 0 spiro atoms. The molecule has 1 heterocycles. The molecule has 0 aliphatic rings. The predicted octanol–water partition coefficient (Wildman–Crippen LogP) is 3.72. The van der Waals surface area contributed by atoms with Crippen molar-refractivity contribution in [1.29, 1.82) is 0 Å².